The summed E-state index contributed by atoms with van der Waals surface area (Å²) in [5, 5.41) is 13.7. The Morgan fingerprint density at radius 2 is 2.42 bits per heavy atom. The minimum atomic E-state index is -0.413. The third kappa shape index (κ3) is 3.56. The lowest BCUT2D eigenvalue weighted by atomic mass is 9.97. The molecule has 0 bridgehead atoms. The van der Waals surface area contributed by atoms with Gasteiger partial charge in [0.2, 0.25) is 11.8 Å². The topological polar surface area (TPSA) is 115 Å². The molecule has 1 atom stereocenters. The highest BCUT2D eigenvalue weighted by atomic mass is 35.5. The smallest absolute Gasteiger partial charge is 0.273 e. The van der Waals surface area contributed by atoms with E-state index in [2.05, 4.69) is 25.9 Å². The molecule has 1 aliphatic rings. The molecule has 2 aromatic rings. The van der Waals surface area contributed by atoms with Crippen molar-refractivity contribution in [3.05, 3.63) is 28.6 Å². The Balaban J connectivity index is 1.59. The van der Waals surface area contributed by atoms with Crippen molar-refractivity contribution in [3.8, 4) is 0 Å². The van der Waals surface area contributed by atoms with E-state index in [0.717, 1.165) is 6.42 Å². The van der Waals surface area contributed by atoms with E-state index in [9.17, 15) is 9.59 Å². The van der Waals surface area contributed by atoms with Crippen molar-refractivity contribution < 1.29 is 14.1 Å². The van der Waals surface area contributed by atoms with Crippen molar-refractivity contribution in [2.75, 3.05) is 6.54 Å². The van der Waals surface area contributed by atoms with Gasteiger partial charge >= 0.3 is 0 Å². The van der Waals surface area contributed by atoms with Crippen LogP contribution in [0.3, 0.4) is 0 Å². The Hall–Kier alpha value is -2.42. The molecule has 0 radical (unpaired) electrons. The Morgan fingerprint density at radius 3 is 3.12 bits per heavy atom. The number of amides is 2. The SMILES string of the molecule is CCn1cc(Cl)c(C(=O)NCc2nc(C3CCNC(=O)C3)no2)n1. The largest absolute Gasteiger partial charge is 0.356 e. The molecule has 0 spiro atoms. The number of aryl methyl sites for hydroxylation is 1. The summed E-state index contributed by atoms with van der Waals surface area (Å²) in [6.07, 6.45) is 2.70. The van der Waals surface area contributed by atoms with Gasteiger partial charge in [-0.15, -0.1) is 0 Å². The van der Waals surface area contributed by atoms with Crippen LogP contribution >= 0.6 is 11.6 Å². The Bertz CT molecular complexity index is 756. The van der Waals surface area contributed by atoms with Crippen LogP contribution < -0.4 is 10.6 Å². The van der Waals surface area contributed by atoms with E-state index in [1.807, 2.05) is 6.92 Å². The van der Waals surface area contributed by atoms with Crippen LogP contribution in [-0.4, -0.2) is 38.3 Å². The van der Waals surface area contributed by atoms with Gasteiger partial charge in [-0.2, -0.15) is 10.1 Å². The van der Waals surface area contributed by atoms with Crippen LogP contribution in [0, 0.1) is 0 Å². The third-order valence-electron chi connectivity index (χ3n) is 3.75. The predicted molar refractivity (Wildman–Crippen MR) is 83.4 cm³/mol. The van der Waals surface area contributed by atoms with Gasteiger partial charge in [0.15, 0.2) is 11.5 Å². The summed E-state index contributed by atoms with van der Waals surface area (Å²) in [5.41, 5.74) is 0.155. The molecule has 2 amide bonds. The minimum Gasteiger partial charge on any atom is -0.356 e. The van der Waals surface area contributed by atoms with Crippen LogP contribution in [-0.2, 0) is 17.9 Å². The highest BCUT2D eigenvalue weighted by Gasteiger charge is 2.25. The van der Waals surface area contributed by atoms with E-state index in [0.29, 0.717) is 25.3 Å². The first-order chi connectivity index (χ1) is 11.6. The van der Waals surface area contributed by atoms with Gasteiger partial charge in [0.05, 0.1) is 11.6 Å². The normalized spacial score (nSPS) is 17.6. The first kappa shape index (κ1) is 16.4. The molecule has 0 aromatic carbocycles. The second-order valence-electron chi connectivity index (χ2n) is 5.45. The number of rotatable bonds is 5. The first-order valence-corrected chi connectivity index (χ1v) is 8.05. The molecule has 1 fully saturated rings. The van der Waals surface area contributed by atoms with Crippen LogP contribution in [0.4, 0.5) is 0 Å². The summed E-state index contributed by atoms with van der Waals surface area (Å²) in [5.74, 6) is 0.274. The molecule has 2 aromatic heterocycles. The van der Waals surface area contributed by atoms with Crippen LogP contribution in [0.5, 0.6) is 0 Å². The predicted octanol–water partition coefficient (Wildman–Crippen LogP) is 0.863. The molecule has 3 heterocycles. The van der Waals surface area contributed by atoms with E-state index in [4.69, 9.17) is 16.1 Å². The van der Waals surface area contributed by atoms with E-state index in [1.54, 1.807) is 10.9 Å². The van der Waals surface area contributed by atoms with Crippen molar-refractivity contribution in [2.24, 2.45) is 0 Å². The van der Waals surface area contributed by atoms with Crippen LogP contribution in [0.1, 0.15) is 47.9 Å². The van der Waals surface area contributed by atoms with Crippen molar-refractivity contribution in [2.45, 2.75) is 38.8 Å². The van der Waals surface area contributed by atoms with Gasteiger partial charge in [-0.05, 0) is 13.3 Å². The van der Waals surface area contributed by atoms with Gasteiger partial charge < -0.3 is 15.2 Å². The van der Waals surface area contributed by atoms with Crippen LogP contribution in [0.25, 0.3) is 0 Å². The van der Waals surface area contributed by atoms with E-state index in [-0.39, 0.29) is 35.0 Å². The maximum atomic E-state index is 12.1. The number of carbonyl (C=O) groups excluding carboxylic acids is 2. The molecule has 0 aliphatic carbocycles. The number of hydrogen-bond acceptors (Lipinski definition) is 6. The molecule has 3 rings (SSSR count). The standard InChI is InChI=1S/C14H17ClN6O3/c1-2-21-7-9(15)12(19-21)14(23)17-6-11-18-13(20-24-11)8-3-4-16-10(22)5-8/h7-8H,2-6H2,1H3,(H,16,22)(H,17,23). The second kappa shape index (κ2) is 7.00. The van der Waals surface area contributed by atoms with Crippen LogP contribution in [0.15, 0.2) is 10.7 Å². The lowest BCUT2D eigenvalue weighted by molar-refractivity contribution is -0.122. The quantitative estimate of drug-likeness (QED) is 0.824. The monoisotopic (exact) mass is 352 g/mol. The molecular weight excluding hydrogens is 336 g/mol. The molecule has 128 valence electrons. The highest BCUT2D eigenvalue weighted by molar-refractivity contribution is 6.33. The number of nitrogens with zero attached hydrogens (tertiary/aromatic N) is 4. The number of hydrogen-bond donors (Lipinski definition) is 2. The van der Waals surface area contributed by atoms with Gasteiger partial charge in [0, 0.05) is 31.6 Å². The Labute approximate surface area is 142 Å². The number of nitrogens with one attached hydrogen (secondary N) is 2. The van der Waals surface area contributed by atoms with Crippen molar-refractivity contribution in [1.29, 1.82) is 0 Å². The fraction of sp³-hybridized carbons (Fsp3) is 0.500. The number of piperidine rings is 1. The lowest BCUT2D eigenvalue weighted by Gasteiger charge is -2.18. The minimum absolute atomic E-state index is 0.0212. The maximum Gasteiger partial charge on any atom is 0.273 e. The summed E-state index contributed by atoms with van der Waals surface area (Å²) in [4.78, 5) is 27.8. The second-order valence-corrected chi connectivity index (χ2v) is 5.86. The van der Waals surface area contributed by atoms with E-state index in [1.165, 1.54) is 0 Å². The fourth-order valence-electron chi connectivity index (χ4n) is 2.46. The van der Waals surface area contributed by atoms with Crippen molar-refractivity contribution >= 4 is 23.4 Å². The highest BCUT2D eigenvalue weighted by Crippen LogP contribution is 2.23. The molecule has 1 saturated heterocycles. The molecular formula is C14H17ClN6O3. The zero-order valence-corrected chi connectivity index (χ0v) is 13.8. The summed E-state index contributed by atoms with van der Waals surface area (Å²) in [7, 11) is 0. The molecule has 2 N–H and O–H groups in total. The molecule has 9 nitrogen and oxygen atoms in total. The van der Waals surface area contributed by atoms with Gasteiger partial charge in [-0.3, -0.25) is 14.3 Å². The molecule has 1 unspecified atom stereocenters. The van der Waals surface area contributed by atoms with Gasteiger partial charge in [0.1, 0.15) is 0 Å². The Morgan fingerprint density at radius 1 is 1.58 bits per heavy atom. The number of halogens is 1. The first-order valence-electron chi connectivity index (χ1n) is 7.67. The van der Waals surface area contributed by atoms with E-state index >= 15 is 0 Å². The molecule has 24 heavy (non-hydrogen) atoms. The summed E-state index contributed by atoms with van der Waals surface area (Å²) >= 11 is 5.99. The summed E-state index contributed by atoms with van der Waals surface area (Å²) in [6.45, 7) is 3.19. The van der Waals surface area contributed by atoms with Gasteiger partial charge in [-0.25, -0.2) is 0 Å². The number of aromatic nitrogens is 4. The van der Waals surface area contributed by atoms with Gasteiger partial charge in [-0.1, -0.05) is 16.8 Å². The third-order valence-corrected chi connectivity index (χ3v) is 4.03. The Kier molecular flexibility index (Phi) is 4.79. The lowest BCUT2D eigenvalue weighted by Crippen LogP contribution is -2.32. The number of carbonyl (C=O) groups is 2. The average Bonchev–Trinajstić information content (AvgIpc) is 3.19. The molecule has 10 heteroatoms. The summed E-state index contributed by atoms with van der Waals surface area (Å²) in [6, 6.07) is 0. The van der Waals surface area contributed by atoms with Crippen molar-refractivity contribution in [3.63, 3.8) is 0 Å². The van der Waals surface area contributed by atoms with Crippen molar-refractivity contribution in [1.82, 2.24) is 30.6 Å². The zero-order valence-electron chi connectivity index (χ0n) is 13.1. The average molecular weight is 353 g/mol. The van der Waals surface area contributed by atoms with Crippen LogP contribution in [0.2, 0.25) is 5.02 Å². The molecule has 0 saturated carbocycles. The fourth-order valence-corrected chi connectivity index (χ4v) is 2.70. The van der Waals surface area contributed by atoms with Gasteiger partial charge in [0.25, 0.3) is 5.91 Å². The maximum absolute atomic E-state index is 12.1. The molecule has 1 aliphatic heterocycles. The summed E-state index contributed by atoms with van der Waals surface area (Å²) < 4.78 is 6.71. The zero-order chi connectivity index (χ0) is 17.1. The van der Waals surface area contributed by atoms with E-state index < -0.39 is 5.91 Å².